The van der Waals surface area contributed by atoms with Crippen molar-refractivity contribution in [3.63, 3.8) is 0 Å². The molecule has 0 aliphatic carbocycles. The first kappa shape index (κ1) is 7.31. The summed E-state index contributed by atoms with van der Waals surface area (Å²) in [7, 11) is 0. The van der Waals surface area contributed by atoms with Crippen LogP contribution in [-0.4, -0.2) is 0 Å². The van der Waals surface area contributed by atoms with E-state index in [1.807, 2.05) is 0 Å². The van der Waals surface area contributed by atoms with Crippen molar-refractivity contribution in [1.29, 1.82) is 0 Å². The van der Waals surface area contributed by atoms with Crippen LogP contribution in [0.3, 0.4) is 0 Å². The summed E-state index contributed by atoms with van der Waals surface area (Å²) in [5, 5.41) is 0.0185. The van der Waals surface area contributed by atoms with Gasteiger partial charge in [0, 0.05) is 0 Å². The van der Waals surface area contributed by atoms with Gasteiger partial charge in [-0.05, 0) is 12.1 Å². The SMILES string of the molecule is NNc1cccc(F)c1Cl. The van der Waals surface area contributed by atoms with Gasteiger partial charge in [-0.25, -0.2) is 4.39 Å². The van der Waals surface area contributed by atoms with Crippen molar-refractivity contribution in [3.8, 4) is 0 Å². The largest absolute Gasteiger partial charge is 0.323 e. The maximum absolute atomic E-state index is 12.5. The lowest BCUT2D eigenvalue weighted by molar-refractivity contribution is 0.628. The average Bonchev–Trinajstić information content (AvgIpc) is 1.95. The Labute approximate surface area is 62.8 Å². The third kappa shape index (κ3) is 1.20. The minimum Gasteiger partial charge on any atom is -0.323 e. The lowest BCUT2D eigenvalue weighted by Gasteiger charge is -2.01. The molecule has 0 radical (unpaired) electrons. The maximum Gasteiger partial charge on any atom is 0.143 e. The Morgan fingerprint density at radius 1 is 1.50 bits per heavy atom. The lowest BCUT2D eigenvalue weighted by Crippen LogP contribution is -2.07. The van der Waals surface area contributed by atoms with Crippen molar-refractivity contribution in [1.82, 2.24) is 0 Å². The second-order valence-corrected chi connectivity index (χ2v) is 2.12. The molecule has 0 amide bonds. The molecule has 0 spiro atoms. The van der Waals surface area contributed by atoms with Crippen LogP contribution >= 0.6 is 11.6 Å². The first-order valence-electron chi connectivity index (χ1n) is 2.66. The standard InChI is InChI=1S/C6H6ClFN2/c7-6-4(8)2-1-3-5(6)10-9/h1-3,10H,9H2. The van der Waals surface area contributed by atoms with Gasteiger partial charge in [0.15, 0.2) is 0 Å². The van der Waals surface area contributed by atoms with Crippen molar-refractivity contribution in [2.24, 2.45) is 5.84 Å². The molecule has 0 aliphatic heterocycles. The van der Waals surface area contributed by atoms with Crippen LogP contribution in [0.2, 0.25) is 5.02 Å². The maximum atomic E-state index is 12.5. The van der Waals surface area contributed by atoms with Gasteiger partial charge in [-0.2, -0.15) is 0 Å². The Hall–Kier alpha value is -0.800. The number of hydrogen-bond donors (Lipinski definition) is 2. The van der Waals surface area contributed by atoms with Gasteiger partial charge in [-0.15, -0.1) is 0 Å². The summed E-state index contributed by atoms with van der Waals surface area (Å²) < 4.78 is 12.5. The third-order valence-corrected chi connectivity index (χ3v) is 1.49. The fourth-order valence-electron chi connectivity index (χ4n) is 0.615. The zero-order chi connectivity index (χ0) is 7.56. The summed E-state index contributed by atoms with van der Waals surface area (Å²) in [5.41, 5.74) is 2.65. The van der Waals surface area contributed by atoms with Crippen LogP contribution in [0.4, 0.5) is 10.1 Å². The van der Waals surface area contributed by atoms with Crippen molar-refractivity contribution in [2.75, 3.05) is 5.43 Å². The zero-order valence-corrected chi connectivity index (χ0v) is 5.82. The zero-order valence-electron chi connectivity index (χ0n) is 5.07. The summed E-state index contributed by atoms with van der Waals surface area (Å²) >= 11 is 5.48. The molecule has 1 aromatic rings. The Balaban J connectivity index is 3.14. The molecule has 0 saturated carbocycles. The molecule has 3 N–H and O–H groups in total. The first-order valence-corrected chi connectivity index (χ1v) is 3.04. The number of halogens is 2. The van der Waals surface area contributed by atoms with Crippen molar-refractivity contribution < 1.29 is 4.39 Å². The van der Waals surface area contributed by atoms with Gasteiger partial charge in [-0.3, -0.25) is 5.84 Å². The van der Waals surface area contributed by atoms with Gasteiger partial charge in [0.25, 0.3) is 0 Å². The van der Waals surface area contributed by atoms with E-state index in [9.17, 15) is 4.39 Å². The van der Waals surface area contributed by atoms with Crippen LogP contribution < -0.4 is 11.3 Å². The summed E-state index contributed by atoms with van der Waals surface area (Å²) in [5.74, 6) is 4.54. The number of anilines is 1. The predicted molar refractivity (Wildman–Crippen MR) is 39.2 cm³/mol. The molecule has 0 bridgehead atoms. The van der Waals surface area contributed by atoms with Gasteiger partial charge >= 0.3 is 0 Å². The molecule has 10 heavy (non-hydrogen) atoms. The summed E-state index contributed by atoms with van der Waals surface area (Å²) in [6, 6.07) is 4.38. The third-order valence-electron chi connectivity index (χ3n) is 1.11. The molecule has 0 aromatic heterocycles. The molecule has 0 fully saturated rings. The van der Waals surface area contributed by atoms with Gasteiger partial charge in [-0.1, -0.05) is 17.7 Å². The monoisotopic (exact) mass is 160 g/mol. The van der Waals surface area contributed by atoms with Crippen LogP contribution in [0.1, 0.15) is 0 Å². The highest BCUT2D eigenvalue weighted by atomic mass is 35.5. The van der Waals surface area contributed by atoms with E-state index in [-0.39, 0.29) is 5.02 Å². The van der Waals surface area contributed by atoms with Crippen LogP contribution in [0.25, 0.3) is 0 Å². The van der Waals surface area contributed by atoms with E-state index in [2.05, 4.69) is 5.43 Å². The van der Waals surface area contributed by atoms with Crippen LogP contribution in [0.15, 0.2) is 18.2 Å². The van der Waals surface area contributed by atoms with E-state index in [4.69, 9.17) is 17.4 Å². The number of rotatable bonds is 1. The predicted octanol–water partition coefficient (Wildman–Crippen LogP) is 1.76. The van der Waals surface area contributed by atoms with Crippen molar-refractivity contribution in [2.45, 2.75) is 0 Å². The highest BCUT2D eigenvalue weighted by molar-refractivity contribution is 6.33. The Morgan fingerprint density at radius 2 is 2.20 bits per heavy atom. The number of nitrogen functional groups attached to an aromatic ring is 1. The Kier molecular flexibility index (Phi) is 2.09. The topological polar surface area (TPSA) is 38.0 Å². The van der Waals surface area contributed by atoms with E-state index in [0.29, 0.717) is 5.69 Å². The van der Waals surface area contributed by atoms with Gasteiger partial charge in [0.2, 0.25) is 0 Å². The average molecular weight is 161 g/mol. The van der Waals surface area contributed by atoms with Gasteiger partial charge in [0.1, 0.15) is 10.8 Å². The Bertz CT molecular complexity index is 239. The quantitative estimate of drug-likeness (QED) is 0.485. The van der Waals surface area contributed by atoms with E-state index >= 15 is 0 Å². The van der Waals surface area contributed by atoms with Gasteiger partial charge < -0.3 is 5.43 Å². The number of hydrogen-bond acceptors (Lipinski definition) is 2. The number of nitrogens with two attached hydrogens (primary N) is 1. The smallest absolute Gasteiger partial charge is 0.143 e. The molecule has 0 saturated heterocycles. The molecular formula is C6H6ClFN2. The lowest BCUT2D eigenvalue weighted by atomic mass is 10.3. The molecule has 0 aliphatic rings. The molecule has 54 valence electrons. The molecular weight excluding hydrogens is 155 g/mol. The molecule has 0 unspecified atom stereocenters. The van der Waals surface area contributed by atoms with E-state index < -0.39 is 5.82 Å². The molecule has 4 heteroatoms. The Morgan fingerprint density at radius 3 is 2.70 bits per heavy atom. The van der Waals surface area contributed by atoms with Crippen molar-refractivity contribution in [3.05, 3.63) is 29.0 Å². The number of nitrogens with one attached hydrogen (secondary N) is 1. The summed E-state index contributed by atoms with van der Waals surface area (Å²) in [6.45, 7) is 0. The van der Waals surface area contributed by atoms with Gasteiger partial charge in [0.05, 0.1) is 5.69 Å². The van der Waals surface area contributed by atoms with Crippen LogP contribution in [0, 0.1) is 5.82 Å². The number of hydrazine groups is 1. The van der Waals surface area contributed by atoms with E-state index in [0.717, 1.165) is 0 Å². The molecule has 1 aromatic carbocycles. The highest BCUT2D eigenvalue weighted by Gasteiger charge is 2.01. The minimum atomic E-state index is -0.475. The van der Waals surface area contributed by atoms with Crippen LogP contribution in [0.5, 0.6) is 0 Å². The summed E-state index contributed by atoms with van der Waals surface area (Å²) in [6.07, 6.45) is 0. The van der Waals surface area contributed by atoms with Crippen molar-refractivity contribution >= 4 is 17.3 Å². The highest BCUT2D eigenvalue weighted by Crippen LogP contribution is 2.22. The minimum absolute atomic E-state index is 0.0185. The second-order valence-electron chi connectivity index (χ2n) is 1.75. The first-order chi connectivity index (χ1) is 4.75. The summed E-state index contributed by atoms with van der Waals surface area (Å²) in [4.78, 5) is 0. The fraction of sp³-hybridized carbons (Fsp3) is 0. The molecule has 0 atom stereocenters. The normalized spacial score (nSPS) is 9.50. The molecule has 0 heterocycles. The molecule has 2 nitrogen and oxygen atoms in total. The number of benzene rings is 1. The molecule has 1 rings (SSSR count). The second kappa shape index (κ2) is 2.86. The van der Waals surface area contributed by atoms with Crippen LogP contribution in [-0.2, 0) is 0 Å². The van der Waals surface area contributed by atoms with E-state index in [1.54, 1.807) is 6.07 Å². The van der Waals surface area contributed by atoms with E-state index in [1.165, 1.54) is 12.1 Å². The fourth-order valence-corrected chi connectivity index (χ4v) is 0.796.